The largest absolute Gasteiger partial charge is 0.445 e. The first kappa shape index (κ1) is 24.7. The summed E-state index contributed by atoms with van der Waals surface area (Å²) < 4.78 is 20.7. The molecule has 0 radical (unpaired) electrons. The van der Waals surface area contributed by atoms with Gasteiger partial charge in [0.1, 0.15) is 12.4 Å². The first-order valence-corrected chi connectivity index (χ1v) is 12.1. The Bertz CT molecular complexity index is 1120. The van der Waals surface area contributed by atoms with Gasteiger partial charge in [-0.3, -0.25) is 4.90 Å². The van der Waals surface area contributed by atoms with Crippen LogP contribution < -0.4 is 0 Å². The summed E-state index contributed by atoms with van der Waals surface area (Å²) in [6, 6.07) is 21.4. The van der Waals surface area contributed by atoms with E-state index in [4.69, 9.17) is 16.3 Å². The number of carbonyl (C=O) groups excluding carboxylic acids is 1. The van der Waals surface area contributed by atoms with E-state index in [1.807, 2.05) is 47.4 Å². The molecule has 8 heteroatoms. The zero-order chi connectivity index (χ0) is 24.1. The van der Waals surface area contributed by atoms with E-state index in [-0.39, 0.29) is 38.1 Å². The Labute approximate surface area is 211 Å². The van der Waals surface area contributed by atoms with Crippen LogP contribution in [0.2, 0.25) is 5.02 Å². The van der Waals surface area contributed by atoms with E-state index in [1.54, 1.807) is 24.3 Å². The molecule has 1 N–H and O–H groups in total. The number of aliphatic hydroxyl groups is 1. The standard InChI is InChI=1S/C26H25BrClFN2O3/c27-21-9-8-20(23(29)12-21)14-30(13-18-6-10-22(28)11-7-18)24-15-31(16-25(24)32)26(33)34-17-19-4-2-1-3-5-19/h1-12,24-25,32H,13-17H2/t24-,25-/m1/s1. The number of hydrogen-bond acceptors (Lipinski definition) is 4. The van der Waals surface area contributed by atoms with Gasteiger partial charge in [0, 0.05) is 34.7 Å². The summed E-state index contributed by atoms with van der Waals surface area (Å²) in [6.45, 7) is 1.33. The molecule has 1 heterocycles. The van der Waals surface area contributed by atoms with Gasteiger partial charge in [-0.1, -0.05) is 76.1 Å². The Morgan fingerprint density at radius 2 is 1.79 bits per heavy atom. The van der Waals surface area contributed by atoms with Crippen molar-refractivity contribution in [2.75, 3.05) is 13.1 Å². The second-order valence-electron chi connectivity index (χ2n) is 8.35. The Balaban J connectivity index is 1.48. The number of hydrogen-bond donors (Lipinski definition) is 1. The maximum absolute atomic E-state index is 14.6. The number of benzene rings is 3. The molecule has 0 spiro atoms. The molecule has 0 unspecified atom stereocenters. The van der Waals surface area contributed by atoms with Gasteiger partial charge in [0.25, 0.3) is 0 Å². The lowest BCUT2D eigenvalue weighted by molar-refractivity contribution is 0.0721. The van der Waals surface area contributed by atoms with Gasteiger partial charge < -0.3 is 14.7 Å². The molecule has 1 aliphatic rings. The Kier molecular flexibility index (Phi) is 8.21. The van der Waals surface area contributed by atoms with Gasteiger partial charge in [0.15, 0.2) is 0 Å². The molecule has 3 aromatic rings. The Morgan fingerprint density at radius 3 is 2.50 bits per heavy atom. The summed E-state index contributed by atoms with van der Waals surface area (Å²) in [5.41, 5.74) is 2.37. The van der Waals surface area contributed by atoms with Gasteiger partial charge in [-0.2, -0.15) is 0 Å². The fraction of sp³-hybridized carbons (Fsp3) is 0.269. The van der Waals surface area contributed by atoms with E-state index in [9.17, 15) is 14.3 Å². The van der Waals surface area contributed by atoms with Gasteiger partial charge in [0.2, 0.25) is 0 Å². The average molecular weight is 548 g/mol. The number of rotatable bonds is 7. The van der Waals surface area contributed by atoms with Crippen molar-refractivity contribution < 1.29 is 19.0 Å². The number of amides is 1. The van der Waals surface area contributed by atoms with E-state index in [0.29, 0.717) is 21.6 Å². The van der Waals surface area contributed by atoms with Crippen molar-refractivity contribution in [2.24, 2.45) is 0 Å². The summed E-state index contributed by atoms with van der Waals surface area (Å²) in [5, 5.41) is 11.5. The van der Waals surface area contributed by atoms with E-state index in [0.717, 1.165) is 11.1 Å². The Morgan fingerprint density at radius 1 is 1.06 bits per heavy atom. The van der Waals surface area contributed by atoms with E-state index in [1.165, 1.54) is 11.0 Å². The second kappa shape index (κ2) is 11.3. The summed E-state index contributed by atoms with van der Waals surface area (Å²) in [6.07, 6.45) is -1.28. The van der Waals surface area contributed by atoms with Crippen LogP contribution in [0.3, 0.4) is 0 Å². The van der Waals surface area contributed by atoms with Gasteiger partial charge in [-0.15, -0.1) is 0 Å². The molecular weight excluding hydrogens is 523 g/mol. The van der Waals surface area contributed by atoms with Crippen molar-refractivity contribution in [2.45, 2.75) is 31.8 Å². The zero-order valence-corrected chi connectivity index (χ0v) is 20.8. The van der Waals surface area contributed by atoms with Crippen molar-refractivity contribution >= 4 is 33.6 Å². The molecule has 0 bridgehead atoms. The van der Waals surface area contributed by atoms with Crippen molar-refractivity contribution in [3.8, 4) is 0 Å². The normalized spacial score (nSPS) is 17.9. The van der Waals surface area contributed by atoms with Crippen molar-refractivity contribution in [3.05, 3.63) is 105 Å². The molecule has 3 aromatic carbocycles. The number of halogens is 3. The second-order valence-corrected chi connectivity index (χ2v) is 9.70. The van der Waals surface area contributed by atoms with Crippen molar-refractivity contribution in [3.63, 3.8) is 0 Å². The van der Waals surface area contributed by atoms with Crippen molar-refractivity contribution in [1.29, 1.82) is 0 Å². The lowest BCUT2D eigenvalue weighted by Crippen LogP contribution is -2.42. The molecule has 34 heavy (non-hydrogen) atoms. The lowest BCUT2D eigenvalue weighted by Gasteiger charge is -2.31. The number of nitrogens with zero attached hydrogens (tertiary/aromatic N) is 2. The molecule has 4 rings (SSSR count). The van der Waals surface area contributed by atoms with Gasteiger partial charge >= 0.3 is 6.09 Å². The predicted molar refractivity (Wildman–Crippen MR) is 133 cm³/mol. The number of ether oxygens (including phenoxy) is 1. The topological polar surface area (TPSA) is 53.0 Å². The van der Waals surface area contributed by atoms with Crippen LogP contribution in [0.25, 0.3) is 0 Å². The molecule has 178 valence electrons. The van der Waals surface area contributed by atoms with Crippen LogP contribution in [0.5, 0.6) is 0 Å². The summed E-state index contributed by atoms with van der Waals surface area (Å²) >= 11 is 9.32. The highest BCUT2D eigenvalue weighted by Crippen LogP contribution is 2.25. The molecule has 2 atom stereocenters. The first-order chi connectivity index (χ1) is 16.4. The number of likely N-dealkylation sites (tertiary alicyclic amines) is 1. The number of aliphatic hydroxyl groups excluding tert-OH is 1. The van der Waals surface area contributed by atoms with Crippen molar-refractivity contribution in [1.82, 2.24) is 9.80 Å². The molecule has 0 aliphatic carbocycles. The average Bonchev–Trinajstić information content (AvgIpc) is 3.22. The Hall–Kier alpha value is -2.45. The SMILES string of the molecule is O=C(OCc1ccccc1)N1C[C@@H](O)[C@H](N(Cc2ccc(Cl)cc2)Cc2ccc(Br)cc2F)C1. The number of β-amino-alcohol motifs (C(OH)–C–C–N with tert-alkyl or cyclic N) is 1. The number of carbonyl (C=O) groups is 1. The molecule has 1 saturated heterocycles. The minimum Gasteiger partial charge on any atom is -0.445 e. The highest BCUT2D eigenvalue weighted by molar-refractivity contribution is 9.10. The van der Waals surface area contributed by atoms with Crippen LogP contribution in [-0.2, 0) is 24.4 Å². The fourth-order valence-corrected chi connectivity index (χ4v) is 4.53. The maximum Gasteiger partial charge on any atom is 0.410 e. The van der Waals surface area contributed by atoms with Crippen LogP contribution in [0.1, 0.15) is 16.7 Å². The van der Waals surface area contributed by atoms with Crippen LogP contribution in [-0.4, -0.2) is 46.2 Å². The molecular formula is C26H25BrClFN2O3. The third-order valence-corrected chi connectivity index (χ3v) is 6.62. The molecule has 0 saturated carbocycles. The van der Waals surface area contributed by atoms with Crippen LogP contribution >= 0.6 is 27.5 Å². The highest BCUT2D eigenvalue weighted by atomic mass is 79.9. The minimum absolute atomic E-state index is 0.151. The summed E-state index contributed by atoms with van der Waals surface area (Å²) in [4.78, 5) is 16.2. The minimum atomic E-state index is -0.796. The van der Waals surface area contributed by atoms with Gasteiger partial charge in [-0.25, -0.2) is 9.18 Å². The van der Waals surface area contributed by atoms with Gasteiger partial charge in [-0.05, 0) is 35.4 Å². The molecule has 1 aliphatic heterocycles. The molecule has 1 fully saturated rings. The third-order valence-electron chi connectivity index (χ3n) is 5.88. The monoisotopic (exact) mass is 546 g/mol. The maximum atomic E-state index is 14.6. The lowest BCUT2D eigenvalue weighted by atomic mass is 10.1. The molecule has 1 amide bonds. The molecule has 5 nitrogen and oxygen atoms in total. The van der Waals surface area contributed by atoms with E-state index >= 15 is 0 Å². The summed E-state index contributed by atoms with van der Waals surface area (Å²) in [7, 11) is 0. The quantitative estimate of drug-likeness (QED) is 0.417. The first-order valence-electron chi connectivity index (χ1n) is 10.9. The van der Waals surface area contributed by atoms with E-state index in [2.05, 4.69) is 15.9 Å². The van der Waals surface area contributed by atoms with E-state index < -0.39 is 12.2 Å². The summed E-state index contributed by atoms with van der Waals surface area (Å²) in [5.74, 6) is -0.331. The zero-order valence-electron chi connectivity index (χ0n) is 18.4. The third kappa shape index (κ3) is 6.36. The molecule has 0 aromatic heterocycles. The highest BCUT2D eigenvalue weighted by Gasteiger charge is 2.38. The van der Waals surface area contributed by atoms with Crippen LogP contribution in [0, 0.1) is 5.82 Å². The smallest absolute Gasteiger partial charge is 0.410 e. The fourth-order valence-electron chi connectivity index (χ4n) is 4.07. The van der Waals surface area contributed by atoms with Gasteiger partial charge in [0.05, 0.1) is 18.7 Å². The van der Waals surface area contributed by atoms with Crippen LogP contribution in [0.15, 0.2) is 77.3 Å². The van der Waals surface area contributed by atoms with Crippen LogP contribution in [0.4, 0.5) is 9.18 Å². The predicted octanol–water partition coefficient (Wildman–Crippen LogP) is 5.63.